The lowest BCUT2D eigenvalue weighted by molar-refractivity contribution is 0.0980. The highest BCUT2D eigenvalue weighted by Crippen LogP contribution is 2.39. The van der Waals surface area contributed by atoms with E-state index in [4.69, 9.17) is 15.2 Å². The van der Waals surface area contributed by atoms with Crippen LogP contribution < -0.4 is 20.5 Å². The number of primary amides is 1. The van der Waals surface area contributed by atoms with E-state index in [1.165, 1.54) is 18.9 Å². The summed E-state index contributed by atoms with van der Waals surface area (Å²) >= 11 is 0. The van der Waals surface area contributed by atoms with Gasteiger partial charge in [0, 0.05) is 41.9 Å². The van der Waals surface area contributed by atoms with Crippen LogP contribution in [0.2, 0.25) is 0 Å². The number of nitrogens with two attached hydrogens (primary N) is 1. The van der Waals surface area contributed by atoms with E-state index in [1.807, 2.05) is 6.07 Å². The molecule has 0 radical (unpaired) electrons. The Hall–Kier alpha value is -2.80. The average Bonchev–Trinajstić information content (AvgIpc) is 3.55. The molecule has 0 aromatic heterocycles. The summed E-state index contributed by atoms with van der Waals surface area (Å²) in [5.74, 6) is 1.76. The van der Waals surface area contributed by atoms with E-state index in [-0.39, 0.29) is 11.9 Å². The number of carbonyl (C=O) groups is 1. The minimum Gasteiger partial charge on any atom is -0.493 e. The Kier molecular flexibility index (Phi) is 6.15. The van der Waals surface area contributed by atoms with E-state index >= 15 is 0 Å². The van der Waals surface area contributed by atoms with Crippen LogP contribution in [-0.2, 0) is 6.42 Å². The predicted molar refractivity (Wildman–Crippen MR) is 126 cm³/mol. The number of hydrogen-bond acceptors (Lipinski definition) is 5. The lowest BCUT2D eigenvalue weighted by Gasteiger charge is -2.36. The first-order chi connectivity index (χ1) is 16.0. The van der Waals surface area contributed by atoms with Gasteiger partial charge >= 0.3 is 0 Å². The molecular weight excluding hydrogens is 421 g/mol. The summed E-state index contributed by atoms with van der Waals surface area (Å²) in [7, 11) is 1.61. The zero-order valence-corrected chi connectivity index (χ0v) is 19.1. The van der Waals surface area contributed by atoms with Crippen molar-refractivity contribution < 1.29 is 18.7 Å². The van der Waals surface area contributed by atoms with Crippen LogP contribution in [0, 0.1) is 11.7 Å². The molecule has 2 unspecified atom stereocenters. The molecule has 2 aliphatic heterocycles. The van der Waals surface area contributed by atoms with Crippen LogP contribution in [0.25, 0.3) is 0 Å². The van der Waals surface area contributed by atoms with Crippen molar-refractivity contribution >= 4 is 11.6 Å². The lowest BCUT2D eigenvalue weighted by Crippen LogP contribution is -2.45. The molecular formula is C26H32FN3O3. The van der Waals surface area contributed by atoms with Crippen molar-refractivity contribution in [2.45, 2.75) is 44.1 Å². The SMILES string of the molecule is COc1ccc(C(N)=O)c2c1OCC(N(CCCC1CNc3ccc(F)cc31)CC1CC1)C2. The standard InChI is InChI=1S/C26H32FN3O3/c1-32-24-9-7-20(26(28)31)22-12-19(15-33-25(22)24)30(14-16-4-5-16)10-2-3-17-13-29-23-8-6-18(27)11-21(17)23/h6-9,11,16-17,19,29H,2-5,10,12-15H2,1H3,(H2,28,31). The summed E-state index contributed by atoms with van der Waals surface area (Å²) in [5.41, 5.74) is 9.17. The number of anilines is 1. The largest absolute Gasteiger partial charge is 0.493 e. The normalized spacial score (nSPS) is 21.2. The second-order valence-corrected chi connectivity index (χ2v) is 9.55. The Labute approximate surface area is 194 Å². The molecule has 2 heterocycles. The number of benzene rings is 2. The smallest absolute Gasteiger partial charge is 0.249 e. The molecule has 0 saturated heterocycles. The molecule has 1 fully saturated rings. The van der Waals surface area contributed by atoms with Gasteiger partial charge in [0.1, 0.15) is 12.4 Å². The van der Waals surface area contributed by atoms with Crippen LogP contribution in [0.1, 0.15) is 53.1 Å². The molecule has 2 aromatic rings. The van der Waals surface area contributed by atoms with Gasteiger partial charge in [0.15, 0.2) is 11.5 Å². The number of fused-ring (bicyclic) bond motifs is 2. The second-order valence-electron chi connectivity index (χ2n) is 9.55. The van der Waals surface area contributed by atoms with Crippen LogP contribution in [0.15, 0.2) is 30.3 Å². The van der Waals surface area contributed by atoms with E-state index in [0.29, 0.717) is 29.6 Å². The van der Waals surface area contributed by atoms with Gasteiger partial charge in [-0.3, -0.25) is 9.69 Å². The summed E-state index contributed by atoms with van der Waals surface area (Å²) in [4.78, 5) is 14.6. The monoisotopic (exact) mass is 453 g/mol. The van der Waals surface area contributed by atoms with Gasteiger partial charge in [-0.05, 0) is 80.5 Å². The van der Waals surface area contributed by atoms with Crippen LogP contribution in [0.3, 0.4) is 0 Å². The minimum absolute atomic E-state index is 0.170. The van der Waals surface area contributed by atoms with Crippen molar-refractivity contribution in [3.8, 4) is 11.5 Å². The maximum absolute atomic E-state index is 13.8. The highest BCUT2D eigenvalue weighted by atomic mass is 19.1. The molecule has 33 heavy (non-hydrogen) atoms. The molecule has 2 atom stereocenters. The zero-order chi connectivity index (χ0) is 22.9. The van der Waals surface area contributed by atoms with Crippen molar-refractivity contribution in [1.82, 2.24) is 4.90 Å². The molecule has 1 aliphatic carbocycles. The number of rotatable bonds is 9. The topological polar surface area (TPSA) is 76.8 Å². The summed E-state index contributed by atoms with van der Waals surface area (Å²) in [6, 6.07) is 8.70. The van der Waals surface area contributed by atoms with E-state index in [9.17, 15) is 9.18 Å². The molecule has 2 aromatic carbocycles. The van der Waals surface area contributed by atoms with Gasteiger partial charge < -0.3 is 20.5 Å². The minimum atomic E-state index is -0.438. The van der Waals surface area contributed by atoms with Gasteiger partial charge in [0.25, 0.3) is 0 Å². The van der Waals surface area contributed by atoms with Crippen LogP contribution in [0.4, 0.5) is 10.1 Å². The average molecular weight is 454 g/mol. The summed E-state index contributed by atoms with van der Waals surface area (Å²) in [5, 5.41) is 3.40. The fraction of sp³-hybridized carbons (Fsp3) is 0.500. The van der Waals surface area contributed by atoms with Crippen molar-refractivity contribution in [2.24, 2.45) is 11.7 Å². The van der Waals surface area contributed by atoms with Crippen LogP contribution in [-0.4, -0.2) is 50.2 Å². The maximum Gasteiger partial charge on any atom is 0.249 e. The molecule has 1 amide bonds. The fourth-order valence-corrected chi connectivity index (χ4v) is 5.30. The second kappa shape index (κ2) is 9.21. The highest BCUT2D eigenvalue weighted by Gasteiger charge is 2.34. The van der Waals surface area contributed by atoms with E-state index < -0.39 is 5.91 Å². The van der Waals surface area contributed by atoms with Crippen molar-refractivity contribution in [1.29, 1.82) is 0 Å². The third-order valence-electron chi connectivity index (χ3n) is 7.27. The lowest BCUT2D eigenvalue weighted by atomic mass is 9.94. The van der Waals surface area contributed by atoms with Gasteiger partial charge in [-0.2, -0.15) is 0 Å². The van der Waals surface area contributed by atoms with Gasteiger partial charge in [-0.1, -0.05) is 0 Å². The molecule has 5 rings (SSSR count). The first-order valence-electron chi connectivity index (χ1n) is 11.9. The number of halogens is 1. The first-order valence-corrected chi connectivity index (χ1v) is 11.9. The molecule has 3 N–H and O–H groups in total. The Morgan fingerprint density at radius 1 is 1.30 bits per heavy atom. The molecule has 176 valence electrons. The molecule has 1 saturated carbocycles. The molecule has 0 bridgehead atoms. The quantitative estimate of drug-likeness (QED) is 0.602. The Bertz CT molecular complexity index is 1040. The van der Waals surface area contributed by atoms with E-state index in [1.54, 1.807) is 25.3 Å². The van der Waals surface area contributed by atoms with E-state index in [0.717, 1.165) is 61.6 Å². The number of amides is 1. The first kappa shape index (κ1) is 22.0. The Balaban J connectivity index is 1.28. The Morgan fingerprint density at radius 3 is 2.91 bits per heavy atom. The van der Waals surface area contributed by atoms with Crippen LogP contribution in [0.5, 0.6) is 11.5 Å². The molecule has 3 aliphatic rings. The predicted octanol–water partition coefficient (Wildman–Crippen LogP) is 3.94. The van der Waals surface area contributed by atoms with Crippen molar-refractivity contribution in [3.05, 3.63) is 52.8 Å². The molecule has 7 heteroatoms. The van der Waals surface area contributed by atoms with Gasteiger partial charge in [-0.15, -0.1) is 0 Å². The number of hydrogen-bond donors (Lipinski definition) is 2. The number of nitrogens with one attached hydrogen (secondary N) is 1. The number of carbonyl (C=O) groups excluding carboxylic acids is 1. The maximum atomic E-state index is 13.8. The summed E-state index contributed by atoms with van der Waals surface area (Å²) < 4.78 is 25.4. The number of ether oxygens (including phenoxy) is 2. The summed E-state index contributed by atoms with van der Waals surface area (Å²) in [6.07, 6.45) is 5.31. The van der Waals surface area contributed by atoms with Crippen molar-refractivity contribution in [2.75, 3.05) is 38.7 Å². The third kappa shape index (κ3) is 4.64. The van der Waals surface area contributed by atoms with Gasteiger partial charge in [-0.25, -0.2) is 4.39 Å². The van der Waals surface area contributed by atoms with E-state index in [2.05, 4.69) is 10.2 Å². The zero-order valence-electron chi connectivity index (χ0n) is 19.1. The number of methoxy groups -OCH3 is 1. The summed E-state index contributed by atoms with van der Waals surface area (Å²) in [6.45, 7) is 3.44. The molecule has 0 spiro atoms. The van der Waals surface area contributed by atoms with Gasteiger partial charge in [0.05, 0.1) is 7.11 Å². The Morgan fingerprint density at radius 2 is 2.15 bits per heavy atom. The highest BCUT2D eigenvalue weighted by molar-refractivity contribution is 5.95. The number of nitrogens with zero attached hydrogens (tertiary/aromatic N) is 1. The molecule has 6 nitrogen and oxygen atoms in total. The fourth-order valence-electron chi connectivity index (χ4n) is 5.30. The van der Waals surface area contributed by atoms with Crippen molar-refractivity contribution in [3.63, 3.8) is 0 Å². The van der Waals surface area contributed by atoms with Crippen LogP contribution >= 0.6 is 0 Å². The third-order valence-corrected chi connectivity index (χ3v) is 7.27. The van der Waals surface area contributed by atoms with Gasteiger partial charge in [0.2, 0.25) is 5.91 Å².